The maximum absolute atomic E-state index is 12.7. The van der Waals surface area contributed by atoms with E-state index in [9.17, 15) is 19.0 Å². The summed E-state index contributed by atoms with van der Waals surface area (Å²) < 4.78 is 45.7. The quantitative estimate of drug-likeness (QED) is 0.0411. The molecule has 11 nitrogen and oxygen atoms in total. The first-order valence-electron chi connectivity index (χ1n) is 21.6. The number of furan rings is 2. The number of carbonyl (C=O) groups is 2. The highest BCUT2D eigenvalue weighted by molar-refractivity contribution is 7.47. The summed E-state index contributed by atoms with van der Waals surface area (Å²) in [4.78, 5) is 37.2. The second-order valence-electron chi connectivity index (χ2n) is 15.7. The number of hydrogen-bond acceptors (Lipinski definition) is 10. The Balaban J connectivity index is 1.64. The molecule has 2 aromatic rings. The van der Waals surface area contributed by atoms with Crippen LogP contribution in [0.25, 0.3) is 0 Å². The van der Waals surface area contributed by atoms with E-state index in [0.29, 0.717) is 19.4 Å². The molecule has 0 aliphatic heterocycles. The van der Waals surface area contributed by atoms with Gasteiger partial charge < -0.3 is 28.1 Å². The smallest absolute Gasteiger partial charge is 0.466 e. The Bertz CT molecular complexity index is 1420. The van der Waals surface area contributed by atoms with Gasteiger partial charge in [-0.15, -0.1) is 0 Å². The lowest BCUT2D eigenvalue weighted by Crippen LogP contribution is -2.29. The normalized spacial score (nSPS) is 13.3. The number of likely N-dealkylation sites (N-methyl/N-ethyl adjacent to an activating group) is 1. The third-order valence-electron chi connectivity index (χ3n) is 10.2. The maximum atomic E-state index is 12.7. The molecule has 1 unspecified atom stereocenters. The second kappa shape index (κ2) is 28.9. The summed E-state index contributed by atoms with van der Waals surface area (Å²) in [6.07, 6.45) is 19.9. The van der Waals surface area contributed by atoms with E-state index in [0.717, 1.165) is 126 Å². The zero-order valence-corrected chi connectivity index (χ0v) is 36.9. The van der Waals surface area contributed by atoms with E-state index in [1.165, 1.54) is 29.5 Å². The molecule has 0 spiro atoms. The molecule has 0 amide bonds. The third-order valence-corrected chi connectivity index (χ3v) is 11.2. The van der Waals surface area contributed by atoms with Crippen molar-refractivity contribution >= 4 is 19.8 Å². The topological polar surface area (TPSA) is 138 Å². The van der Waals surface area contributed by atoms with Crippen molar-refractivity contribution in [2.24, 2.45) is 0 Å². The predicted octanol–water partition coefficient (Wildman–Crippen LogP) is 10.9. The van der Waals surface area contributed by atoms with Crippen LogP contribution in [0.4, 0.5) is 0 Å². The van der Waals surface area contributed by atoms with Gasteiger partial charge in [0.15, 0.2) is 6.10 Å². The number of nitrogens with zero attached hydrogens (tertiary/aromatic N) is 1. The number of rotatable bonds is 34. The number of hydrogen-bond donors (Lipinski definition) is 1. The highest BCUT2D eigenvalue weighted by atomic mass is 31.2. The minimum Gasteiger partial charge on any atom is -0.466 e. The third kappa shape index (κ3) is 21.9. The molecule has 2 aromatic heterocycles. The van der Waals surface area contributed by atoms with Crippen molar-refractivity contribution < 1.29 is 46.4 Å². The average Bonchev–Trinajstić information content (AvgIpc) is 3.63. The minimum absolute atomic E-state index is 0.00597. The fraction of sp³-hybridized carbons (Fsp3) is 0.773. The molecule has 0 bridgehead atoms. The lowest BCUT2D eigenvalue weighted by Gasteiger charge is -2.20. The first kappa shape index (κ1) is 49.7. The lowest BCUT2D eigenvalue weighted by molar-refractivity contribution is -0.161. The predicted molar refractivity (Wildman–Crippen MR) is 222 cm³/mol. The van der Waals surface area contributed by atoms with Gasteiger partial charge in [-0.2, -0.15) is 0 Å². The van der Waals surface area contributed by atoms with Crippen molar-refractivity contribution in [1.29, 1.82) is 0 Å². The van der Waals surface area contributed by atoms with Crippen LogP contribution >= 0.6 is 7.82 Å². The van der Waals surface area contributed by atoms with Crippen LogP contribution < -0.4 is 0 Å². The van der Waals surface area contributed by atoms with Crippen molar-refractivity contribution in [3.63, 3.8) is 0 Å². The Morgan fingerprint density at radius 3 is 1.77 bits per heavy atom. The van der Waals surface area contributed by atoms with Crippen LogP contribution in [0.3, 0.4) is 0 Å². The molecule has 1 N–H and O–H groups in total. The Labute approximate surface area is 338 Å². The molecule has 2 rings (SSSR count). The second-order valence-corrected chi connectivity index (χ2v) is 17.1. The Hall–Kier alpha value is -2.43. The van der Waals surface area contributed by atoms with Crippen LogP contribution in [0.15, 0.2) is 14.9 Å². The van der Waals surface area contributed by atoms with Crippen LogP contribution in [0.2, 0.25) is 0 Å². The summed E-state index contributed by atoms with van der Waals surface area (Å²) in [5.41, 5.74) is 3.84. The summed E-state index contributed by atoms with van der Waals surface area (Å²) >= 11 is 0. The van der Waals surface area contributed by atoms with Gasteiger partial charge in [-0.1, -0.05) is 78.1 Å². The summed E-state index contributed by atoms with van der Waals surface area (Å²) in [5, 5.41) is 0. The van der Waals surface area contributed by atoms with Gasteiger partial charge in [-0.3, -0.25) is 18.6 Å². The average molecular weight is 810 g/mol. The summed E-state index contributed by atoms with van der Waals surface area (Å²) in [7, 11) is -0.749. The van der Waals surface area contributed by atoms with Gasteiger partial charge in [0, 0.05) is 45.1 Å². The molecule has 56 heavy (non-hydrogen) atoms. The molecule has 12 heteroatoms. The Morgan fingerprint density at radius 2 is 1.20 bits per heavy atom. The maximum Gasteiger partial charge on any atom is 0.472 e. The van der Waals surface area contributed by atoms with Gasteiger partial charge in [0.1, 0.15) is 29.6 Å². The van der Waals surface area contributed by atoms with E-state index in [2.05, 4.69) is 40.7 Å². The molecular weight excluding hydrogens is 733 g/mol. The zero-order valence-electron chi connectivity index (χ0n) is 36.1. The summed E-state index contributed by atoms with van der Waals surface area (Å²) in [5.74, 6) is 3.62. The first-order chi connectivity index (χ1) is 26.8. The van der Waals surface area contributed by atoms with E-state index in [-0.39, 0.29) is 26.1 Å². The van der Waals surface area contributed by atoms with Crippen LogP contribution in [0.1, 0.15) is 169 Å². The molecule has 2 heterocycles. The molecule has 0 radical (unpaired) electrons. The lowest BCUT2D eigenvalue weighted by atomic mass is 10.0. The summed E-state index contributed by atoms with van der Waals surface area (Å²) in [6.45, 7) is 10.5. The van der Waals surface area contributed by atoms with Crippen LogP contribution in [0.5, 0.6) is 0 Å². The SMILES string of the molecule is CCCc1cc(C)c(CCCCCCCCCCC(=O)O[C@H](COC(=O)CCCCCCCCc2oc(CCC)c(C)c2C)COP(=O)(O)OCCN(C)C)o1. The Morgan fingerprint density at radius 1 is 0.679 bits per heavy atom. The Kier molecular flexibility index (Phi) is 25.6. The molecule has 0 saturated carbocycles. The highest BCUT2D eigenvalue weighted by Crippen LogP contribution is 2.43. The van der Waals surface area contributed by atoms with Crippen molar-refractivity contribution in [2.45, 2.75) is 182 Å². The fourth-order valence-electron chi connectivity index (χ4n) is 6.68. The number of carbonyl (C=O) groups excluding carboxylic acids is 2. The number of phosphoric ester groups is 1. The van der Waals surface area contributed by atoms with E-state index in [1.54, 1.807) is 0 Å². The van der Waals surface area contributed by atoms with Gasteiger partial charge in [0.2, 0.25) is 0 Å². The molecule has 0 fully saturated rings. The number of ether oxygens (including phenoxy) is 2. The van der Waals surface area contributed by atoms with E-state index >= 15 is 0 Å². The van der Waals surface area contributed by atoms with E-state index in [4.69, 9.17) is 27.4 Å². The molecule has 0 saturated heterocycles. The number of aryl methyl sites for hydroxylation is 5. The van der Waals surface area contributed by atoms with Gasteiger partial charge >= 0.3 is 19.8 Å². The molecule has 322 valence electrons. The van der Waals surface area contributed by atoms with Crippen molar-refractivity contribution in [3.05, 3.63) is 45.8 Å². The monoisotopic (exact) mass is 810 g/mol. The number of unbranched alkanes of at least 4 members (excludes halogenated alkanes) is 12. The fourth-order valence-corrected chi connectivity index (χ4v) is 7.42. The van der Waals surface area contributed by atoms with E-state index < -0.39 is 32.5 Å². The largest absolute Gasteiger partial charge is 0.472 e. The van der Waals surface area contributed by atoms with E-state index in [1.807, 2.05) is 19.0 Å². The van der Waals surface area contributed by atoms with Crippen molar-refractivity contribution in [1.82, 2.24) is 4.90 Å². The number of phosphoric acid groups is 1. The van der Waals surface area contributed by atoms with Crippen molar-refractivity contribution in [2.75, 3.05) is 40.5 Å². The molecule has 0 aliphatic carbocycles. The molecule has 2 atom stereocenters. The highest BCUT2D eigenvalue weighted by Gasteiger charge is 2.26. The first-order valence-corrected chi connectivity index (χ1v) is 23.1. The molecular formula is C44H76NO10P. The summed E-state index contributed by atoms with van der Waals surface area (Å²) in [6, 6.07) is 2.17. The van der Waals surface area contributed by atoms with Crippen LogP contribution in [0, 0.1) is 20.8 Å². The van der Waals surface area contributed by atoms with Gasteiger partial charge in [-0.05, 0) is 96.1 Å². The molecule has 0 aliphatic rings. The van der Waals surface area contributed by atoms with Crippen LogP contribution in [-0.2, 0) is 58.4 Å². The number of esters is 2. The van der Waals surface area contributed by atoms with Gasteiger partial charge in [0.05, 0.1) is 13.2 Å². The van der Waals surface area contributed by atoms with Gasteiger partial charge in [-0.25, -0.2) is 4.57 Å². The molecule has 0 aromatic carbocycles. The zero-order chi connectivity index (χ0) is 41.2. The standard InChI is InChI=1S/C44H76NO10P/c1-8-24-38-32-35(3)40(53-38)26-20-16-12-10-11-13-19-23-29-44(47)54-39(34-52-56(48,49)51-31-30-45(6)7)33-50-43(46)28-22-18-15-14-17-21-27-42-37(5)36(4)41(55-42)25-9-2/h32,39H,8-31,33-34H2,1-7H3,(H,48,49)/t39-/m1/s1. The van der Waals surface area contributed by atoms with Gasteiger partial charge in [0.25, 0.3) is 0 Å². The van der Waals surface area contributed by atoms with Crippen LogP contribution in [-0.4, -0.2) is 68.3 Å². The minimum atomic E-state index is -4.38. The van der Waals surface area contributed by atoms with Crippen molar-refractivity contribution in [3.8, 4) is 0 Å².